The first-order valence-electron chi connectivity index (χ1n) is 7.10. The highest BCUT2D eigenvalue weighted by molar-refractivity contribution is 5.20. The Labute approximate surface area is 112 Å². The van der Waals surface area contributed by atoms with E-state index < -0.39 is 6.29 Å². The maximum Gasteiger partial charge on any atom is 0.194 e. The molecule has 1 aromatic rings. The molecule has 1 unspecified atom stereocenters. The van der Waals surface area contributed by atoms with Gasteiger partial charge in [0, 0.05) is 0 Å². The van der Waals surface area contributed by atoms with Crippen LogP contribution in [0.4, 0.5) is 0 Å². The van der Waals surface area contributed by atoms with Crippen LogP contribution in [0.15, 0.2) is 30.3 Å². The number of unbranched alkanes of at least 4 members (excludes halogenated alkanes) is 5. The average molecular weight is 252 g/mol. The molecule has 0 heterocycles. The van der Waals surface area contributed by atoms with E-state index in [1.165, 1.54) is 38.5 Å². The SMILES string of the molecule is CC(O)Oc1ccccc1.CCCCCCCC. The minimum atomic E-state index is -0.734. The van der Waals surface area contributed by atoms with Crippen molar-refractivity contribution in [2.75, 3.05) is 0 Å². The Hall–Kier alpha value is -1.02. The van der Waals surface area contributed by atoms with Gasteiger partial charge in [-0.2, -0.15) is 0 Å². The summed E-state index contributed by atoms with van der Waals surface area (Å²) in [6.07, 6.45) is 7.75. The fourth-order valence-corrected chi connectivity index (χ4v) is 1.55. The van der Waals surface area contributed by atoms with E-state index in [9.17, 15) is 0 Å². The first kappa shape index (κ1) is 17.0. The Balaban J connectivity index is 0.000000331. The molecule has 104 valence electrons. The van der Waals surface area contributed by atoms with Crippen molar-refractivity contribution in [2.24, 2.45) is 0 Å². The summed E-state index contributed by atoms with van der Waals surface area (Å²) < 4.78 is 4.97. The van der Waals surface area contributed by atoms with Crippen molar-refractivity contribution in [3.05, 3.63) is 30.3 Å². The van der Waals surface area contributed by atoms with Gasteiger partial charge in [-0.15, -0.1) is 0 Å². The predicted molar refractivity (Wildman–Crippen MR) is 77.8 cm³/mol. The van der Waals surface area contributed by atoms with Crippen molar-refractivity contribution in [2.45, 2.75) is 65.6 Å². The molecule has 0 spiro atoms. The molecule has 1 aromatic carbocycles. The number of aliphatic hydroxyl groups is 1. The molecule has 0 fully saturated rings. The highest BCUT2D eigenvalue weighted by Gasteiger charge is 1.94. The fraction of sp³-hybridized carbons (Fsp3) is 0.625. The van der Waals surface area contributed by atoms with Crippen molar-refractivity contribution in [1.29, 1.82) is 0 Å². The smallest absolute Gasteiger partial charge is 0.194 e. The monoisotopic (exact) mass is 252 g/mol. The Morgan fingerprint density at radius 2 is 1.44 bits per heavy atom. The van der Waals surface area contributed by atoms with Gasteiger partial charge in [-0.05, 0) is 19.1 Å². The summed E-state index contributed by atoms with van der Waals surface area (Å²) in [6, 6.07) is 9.21. The van der Waals surface area contributed by atoms with Crippen molar-refractivity contribution in [3.63, 3.8) is 0 Å². The maximum atomic E-state index is 8.78. The summed E-state index contributed by atoms with van der Waals surface area (Å²) in [4.78, 5) is 0. The first-order valence-corrected chi connectivity index (χ1v) is 7.10. The normalized spacial score (nSPS) is 11.3. The molecular weight excluding hydrogens is 224 g/mol. The summed E-state index contributed by atoms with van der Waals surface area (Å²) in [6.45, 7) is 6.09. The Morgan fingerprint density at radius 1 is 0.944 bits per heavy atom. The summed E-state index contributed by atoms with van der Waals surface area (Å²) in [5, 5.41) is 8.78. The van der Waals surface area contributed by atoms with Gasteiger partial charge in [0.05, 0.1) is 0 Å². The van der Waals surface area contributed by atoms with Gasteiger partial charge in [0.15, 0.2) is 6.29 Å². The molecule has 0 amide bonds. The molecule has 0 aliphatic carbocycles. The van der Waals surface area contributed by atoms with Crippen molar-refractivity contribution >= 4 is 0 Å². The zero-order valence-electron chi connectivity index (χ0n) is 12.1. The van der Waals surface area contributed by atoms with Gasteiger partial charge >= 0.3 is 0 Å². The molecule has 0 aliphatic rings. The lowest BCUT2D eigenvalue weighted by molar-refractivity contribution is -0.000287. The molecule has 0 saturated heterocycles. The third-order valence-electron chi connectivity index (χ3n) is 2.51. The molecule has 2 heteroatoms. The summed E-state index contributed by atoms with van der Waals surface area (Å²) in [7, 11) is 0. The minimum Gasteiger partial charge on any atom is -0.465 e. The lowest BCUT2D eigenvalue weighted by atomic mass is 10.1. The number of hydrogen-bond acceptors (Lipinski definition) is 2. The van der Waals surface area contributed by atoms with E-state index in [-0.39, 0.29) is 0 Å². The van der Waals surface area contributed by atoms with E-state index in [0.29, 0.717) is 5.75 Å². The number of benzene rings is 1. The van der Waals surface area contributed by atoms with E-state index >= 15 is 0 Å². The van der Waals surface area contributed by atoms with Crippen molar-refractivity contribution in [1.82, 2.24) is 0 Å². The van der Waals surface area contributed by atoms with E-state index in [1.807, 2.05) is 18.2 Å². The molecule has 0 aromatic heterocycles. The Kier molecular flexibility index (Phi) is 11.7. The van der Waals surface area contributed by atoms with Crippen LogP contribution in [0, 0.1) is 0 Å². The zero-order chi connectivity index (χ0) is 13.6. The molecule has 1 N–H and O–H groups in total. The minimum absolute atomic E-state index is 0.692. The lowest BCUT2D eigenvalue weighted by Crippen LogP contribution is -2.08. The molecule has 1 atom stereocenters. The van der Waals surface area contributed by atoms with Gasteiger partial charge < -0.3 is 9.84 Å². The number of para-hydroxylation sites is 1. The highest BCUT2D eigenvalue weighted by atomic mass is 16.6. The van der Waals surface area contributed by atoms with E-state index in [4.69, 9.17) is 9.84 Å². The average Bonchev–Trinajstić information content (AvgIpc) is 2.36. The molecule has 2 nitrogen and oxygen atoms in total. The van der Waals surface area contributed by atoms with Crippen LogP contribution in [-0.4, -0.2) is 11.4 Å². The summed E-state index contributed by atoms with van der Waals surface area (Å²) in [5.41, 5.74) is 0. The number of rotatable bonds is 7. The van der Waals surface area contributed by atoms with Crippen LogP contribution in [0.25, 0.3) is 0 Å². The van der Waals surface area contributed by atoms with Gasteiger partial charge in [0.25, 0.3) is 0 Å². The van der Waals surface area contributed by atoms with Crippen LogP contribution in [-0.2, 0) is 0 Å². The van der Waals surface area contributed by atoms with Crippen LogP contribution < -0.4 is 4.74 Å². The quantitative estimate of drug-likeness (QED) is 0.559. The van der Waals surface area contributed by atoms with Crippen LogP contribution in [0.5, 0.6) is 5.75 Å². The largest absolute Gasteiger partial charge is 0.465 e. The topological polar surface area (TPSA) is 29.5 Å². The second kappa shape index (κ2) is 12.4. The molecule has 1 rings (SSSR count). The standard InChI is InChI=1S/C8H10O2.C8H18/c1-7(9)10-8-5-3-2-4-6-8;1-3-5-7-8-6-4-2/h2-7,9H,1H3;3-8H2,1-2H3. The second-order valence-electron chi connectivity index (χ2n) is 4.44. The maximum absolute atomic E-state index is 8.78. The number of ether oxygens (including phenoxy) is 1. The molecule has 0 radical (unpaired) electrons. The summed E-state index contributed by atoms with van der Waals surface area (Å²) in [5.74, 6) is 0.692. The van der Waals surface area contributed by atoms with Crippen LogP contribution >= 0.6 is 0 Å². The number of aliphatic hydroxyl groups excluding tert-OH is 1. The Morgan fingerprint density at radius 3 is 1.83 bits per heavy atom. The third-order valence-corrected chi connectivity index (χ3v) is 2.51. The van der Waals surface area contributed by atoms with E-state index in [2.05, 4.69) is 13.8 Å². The Bertz CT molecular complexity index is 251. The van der Waals surface area contributed by atoms with Crippen molar-refractivity contribution < 1.29 is 9.84 Å². The van der Waals surface area contributed by atoms with Crippen LogP contribution in [0.3, 0.4) is 0 Å². The second-order valence-corrected chi connectivity index (χ2v) is 4.44. The lowest BCUT2D eigenvalue weighted by Gasteiger charge is -2.06. The summed E-state index contributed by atoms with van der Waals surface area (Å²) >= 11 is 0. The van der Waals surface area contributed by atoms with Gasteiger partial charge in [0.1, 0.15) is 5.75 Å². The molecule has 0 aliphatic heterocycles. The molecular formula is C16H28O2. The van der Waals surface area contributed by atoms with Crippen molar-refractivity contribution in [3.8, 4) is 5.75 Å². The van der Waals surface area contributed by atoms with Gasteiger partial charge in [-0.3, -0.25) is 0 Å². The van der Waals surface area contributed by atoms with Crippen LogP contribution in [0.2, 0.25) is 0 Å². The van der Waals surface area contributed by atoms with Crippen LogP contribution in [0.1, 0.15) is 59.3 Å². The number of hydrogen-bond donors (Lipinski definition) is 1. The third kappa shape index (κ3) is 11.5. The fourth-order valence-electron chi connectivity index (χ4n) is 1.55. The highest BCUT2D eigenvalue weighted by Crippen LogP contribution is 2.09. The first-order chi connectivity index (χ1) is 8.70. The zero-order valence-corrected chi connectivity index (χ0v) is 12.1. The van der Waals surface area contributed by atoms with Gasteiger partial charge in [-0.1, -0.05) is 70.6 Å². The van der Waals surface area contributed by atoms with E-state index in [1.54, 1.807) is 19.1 Å². The molecule has 0 bridgehead atoms. The van der Waals surface area contributed by atoms with Gasteiger partial charge in [-0.25, -0.2) is 0 Å². The molecule has 18 heavy (non-hydrogen) atoms. The van der Waals surface area contributed by atoms with E-state index in [0.717, 1.165) is 0 Å². The predicted octanol–water partition coefficient (Wildman–Crippen LogP) is 4.77. The molecule has 0 saturated carbocycles. The van der Waals surface area contributed by atoms with Gasteiger partial charge in [0.2, 0.25) is 0 Å².